The maximum atomic E-state index is 13.0. The van der Waals surface area contributed by atoms with E-state index < -0.39 is 21.9 Å². The van der Waals surface area contributed by atoms with E-state index >= 15 is 0 Å². The number of nitrogens with one attached hydrogen (secondary N) is 1. The Bertz CT molecular complexity index is 1630. The molecule has 36 heavy (non-hydrogen) atoms. The number of carbonyl (C=O) groups is 2. The van der Waals surface area contributed by atoms with Crippen LogP contribution < -0.4 is 14.3 Å². The number of halogens is 1. The number of aromatic nitrogens is 1. The van der Waals surface area contributed by atoms with Gasteiger partial charge in [-0.05, 0) is 60.7 Å². The summed E-state index contributed by atoms with van der Waals surface area (Å²) in [4.78, 5) is 29.5. The number of benzene rings is 3. The summed E-state index contributed by atoms with van der Waals surface area (Å²) in [6.07, 6.45) is 0. The molecule has 0 bridgehead atoms. The van der Waals surface area contributed by atoms with Crippen LogP contribution in [0.3, 0.4) is 0 Å². The fraction of sp³-hybridized carbons (Fsp3) is 0.125. The summed E-state index contributed by atoms with van der Waals surface area (Å²) in [7, 11) is -1.14. The van der Waals surface area contributed by atoms with Gasteiger partial charge >= 0.3 is 5.97 Å². The average Bonchev–Trinajstić information content (AvgIpc) is 3.19. The normalized spacial score (nSPS) is 11.9. The third-order valence-electron chi connectivity index (χ3n) is 5.09. The number of carbonyl (C=O) groups excluding carboxylic acids is 2. The Morgan fingerprint density at radius 3 is 2.50 bits per heavy atom. The van der Waals surface area contributed by atoms with Gasteiger partial charge in [0.2, 0.25) is 0 Å². The van der Waals surface area contributed by atoms with Gasteiger partial charge in [0.05, 0.1) is 29.3 Å². The minimum Gasteiger partial charge on any atom is -0.497 e. The lowest BCUT2D eigenvalue weighted by Gasteiger charge is -2.09. The second-order valence-corrected chi connectivity index (χ2v) is 10.6. The van der Waals surface area contributed by atoms with Gasteiger partial charge in [0, 0.05) is 16.3 Å². The molecule has 0 saturated heterocycles. The number of amides is 1. The molecule has 1 N–H and O–H groups in total. The third kappa shape index (κ3) is 5.59. The number of methoxy groups -OCH3 is 2. The monoisotopic (exact) mass is 545 g/mol. The maximum absolute atomic E-state index is 13.0. The highest BCUT2D eigenvalue weighted by Crippen LogP contribution is 2.23. The topological polar surface area (TPSA) is 116 Å². The largest absolute Gasteiger partial charge is 0.497 e. The van der Waals surface area contributed by atoms with Crippen molar-refractivity contribution in [1.29, 1.82) is 0 Å². The number of rotatable bonds is 7. The van der Waals surface area contributed by atoms with Crippen molar-refractivity contribution in [1.82, 2.24) is 4.57 Å². The molecule has 9 nitrogen and oxygen atoms in total. The molecule has 0 spiro atoms. The molecule has 0 saturated carbocycles. The number of hydrogen-bond acceptors (Lipinski definition) is 7. The Morgan fingerprint density at radius 1 is 1.06 bits per heavy atom. The Kier molecular flexibility index (Phi) is 7.43. The van der Waals surface area contributed by atoms with E-state index in [-0.39, 0.29) is 27.5 Å². The van der Waals surface area contributed by atoms with E-state index in [9.17, 15) is 18.0 Å². The van der Waals surface area contributed by atoms with E-state index in [0.717, 1.165) is 4.70 Å². The molecule has 1 heterocycles. The zero-order valence-electron chi connectivity index (χ0n) is 19.1. The molecule has 4 rings (SSSR count). The Balaban J connectivity index is 1.66. The molecule has 0 unspecified atom stereocenters. The highest BCUT2D eigenvalue weighted by molar-refractivity contribution is 7.92. The summed E-state index contributed by atoms with van der Waals surface area (Å²) < 4.78 is 40.1. The summed E-state index contributed by atoms with van der Waals surface area (Å²) in [5.41, 5.74) is 1.02. The van der Waals surface area contributed by atoms with Gasteiger partial charge in [-0.15, -0.1) is 0 Å². The SMILES string of the molecule is COC(=O)Cn1c(=NC(=O)c2cccc(NS(=O)(=O)c3ccc(OC)cc3)c2)sc2cc(Cl)ccc21. The standard InChI is InChI=1S/C24H20ClN3O6S2/c1-33-18-7-9-19(10-8-18)36(31,32)27-17-5-3-4-15(12-17)23(30)26-24-28(14-22(29)34-2)20-11-6-16(25)13-21(20)35-24/h3-13,27H,14H2,1-2H3. The fourth-order valence-corrected chi connectivity index (χ4v) is 5.67. The molecule has 12 heteroatoms. The first-order valence-electron chi connectivity index (χ1n) is 10.4. The van der Waals surface area contributed by atoms with Gasteiger partial charge in [-0.25, -0.2) is 8.42 Å². The molecule has 0 fully saturated rings. The number of ether oxygens (including phenoxy) is 2. The Hall–Kier alpha value is -3.67. The van der Waals surface area contributed by atoms with Crippen LogP contribution in [0.2, 0.25) is 5.02 Å². The van der Waals surface area contributed by atoms with Crippen molar-refractivity contribution >= 4 is 60.7 Å². The molecule has 186 valence electrons. The number of fused-ring (bicyclic) bond motifs is 1. The fourth-order valence-electron chi connectivity index (χ4n) is 3.31. The zero-order chi connectivity index (χ0) is 25.9. The van der Waals surface area contributed by atoms with Gasteiger partial charge in [0.25, 0.3) is 15.9 Å². The van der Waals surface area contributed by atoms with Gasteiger partial charge in [0.1, 0.15) is 12.3 Å². The molecule has 0 radical (unpaired) electrons. The molecule has 4 aromatic rings. The van der Waals surface area contributed by atoms with Gasteiger partial charge in [-0.1, -0.05) is 29.0 Å². The smallest absolute Gasteiger partial charge is 0.325 e. The highest BCUT2D eigenvalue weighted by atomic mass is 35.5. The van der Waals surface area contributed by atoms with Crippen LogP contribution in [0.5, 0.6) is 5.75 Å². The summed E-state index contributed by atoms with van der Waals surface area (Å²) >= 11 is 7.28. The molecule has 0 atom stereocenters. The van der Waals surface area contributed by atoms with Crippen LogP contribution in [0, 0.1) is 0 Å². The van der Waals surface area contributed by atoms with Crippen LogP contribution in [0.4, 0.5) is 5.69 Å². The first kappa shape index (κ1) is 25.4. The van der Waals surface area contributed by atoms with Crippen molar-refractivity contribution in [2.45, 2.75) is 11.4 Å². The lowest BCUT2D eigenvalue weighted by molar-refractivity contribution is -0.141. The second-order valence-electron chi connectivity index (χ2n) is 7.44. The minimum absolute atomic E-state index is 0.0394. The van der Waals surface area contributed by atoms with E-state index in [4.69, 9.17) is 21.1 Å². The number of nitrogens with zero attached hydrogens (tertiary/aromatic N) is 2. The molecule has 0 aliphatic rings. The van der Waals surface area contributed by atoms with Crippen molar-refractivity contribution < 1.29 is 27.5 Å². The highest BCUT2D eigenvalue weighted by Gasteiger charge is 2.16. The molecular weight excluding hydrogens is 526 g/mol. The van der Waals surface area contributed by atoms with Crippen LogP contribution >= 0.6 is 22.9 Å². The molecule has 1 aromatic heterocycles. The predicted molar refractivity (Wildman–Crippen MR) is 137 cm³/mol. The average molecular weight is 546 g/mol. The Morgan fingerprint density at radius 2 is 1.81 bits per heavy atom. The maximum Gasteiger partial charge on any atom is 0.325 e. The van der Waals surface area contributed by atoms with Crippen LogP contribution in [-0.2, 0) is 26.1 Å². The molecule has 3 aromatic carbocycles. The molecule has 0 aliphatic carbocycles. The molecule has 0 aliphatic heterocycles. The van der Waals surface area contributed by atoms with Crippen LogP contribution in [-0.4, -0.2) is 39.1 Å². The zero-order valence-corrected chi connectivity index (χ0v) is 21.5. The quantitative estimate of drug-likeness (QED) is 0.350. The van der Waals surface area contributed by atoms with Crippen molar-refractivity contribution in [2.24, 2.45) is 4.99 Å². The van der Waals surface area contributed by atoms with E-state index in [0.29, 0.717) is 16.3 Å². The number of esters is 1. The van der Waals surface area contributed by atoms with Crippen molar-refractivity contribution in [3.63, 3.8) is 0 Å². The summed E-state index contributed by atoms with van der Waals surface area (Å²) in [5.74, 6) is -0.596. The molecule has 1 amide bonds. The van der Waals surface area contributed by atoms with Crippen LogP contribution in [0.15, 0.2) is 76.6 Å². The molecular formula is C24H20ClN3O6S2. The first-order chi connectivity index (χ1) is 17.2. The van der Waals surface area contributed by atoms with E-state index in [1.165, 1.54) is 68.0 Å². The number of anilines is 1. The van der Waals surface area contributed by atoms with Crippen molar-refractivity contribution in [2.75, 3.05) is 18.9 Å². The summed E-state index contributed by atoms with van der Waals surface area (Å²) in [5, 5.41) is 0.503. The van der Waals surface area contributed by atoms with E-state index in [2.05, 4.69) is 9.71 Å². The lowest BCUT2D eigenvalue weighted by atomic mass is 10.2. The van der Waals surface area contributed by atoms with E-state index in [1.807, 2.05) is 0 Å². The van der Waals surface area contributed by atoms with Crippen molar-refractivity contribution in [3.8, 4) is 5.75 Å². The van der Waals surface area contributed by atoms with Gasteiger partial charge in [-0.2, -0.15) is 4.99 Å². The second kappa shape index (κ2) is 10.5. The van der Waals surface area contributed by atoms with E-state index in [1.54, 1.807) is 28.8 Å². The third-order valence-corrected chi connectivity index (χ3v) is 7.76. The number of sulfonamides is 1. The van der Waals surface area contributed by atoms with Gasteiger partial charge in [-0.3, -0.25) is 14.3 Å². The van der Waals surface area contributed by atoms with Crippen molar-refractivity contribution in [3.05, 3.63) is 82.1 Å². The summed E-state index contributed by atoms with van der Waals surface area (Å²) in [6, 6.07) is 17.0. The number of hydrogen-bond donors (Lipinski definition) is 1. The van der Waals surface area contributed by atoms with Gasteiger partial charge < -0.3 is 14.0 Å². The Labute approximate surface area is 215 Å². The van der Waals surface area contributed by atoms with Crippen LogP contribution in [0.25, 0.3) is 10.2 Å². The van der Waals surface area contributed by atoms with Crippen LogP contribution in [0.1, 0.15) is 10.4 Å². The summed E-state index contributed by atoms with van der Waals surface area (Å²) in [6.45, 7) is -0.147. The lowest BCUT2D eigenvalue weighted by Crippen LogP contribution is -2.22. The predicted octanol–water partition coefficient (Wildman–Crippen LogP) is 4.08. The van der Waals surface area contributed by atoms with Gasteiger partial charge in [0.15, 0.2) is 4.80 Å². The first-order valence-corrected chi connectivity index (χ1v) is 13.1. The number of thiazole rings is 1. The minimum atomic E-state index is -3.90.